The first-order chi connectivity index (χ1) is 4.58. The fourth-order valence-electron chi connectivity index (χ4n) is 0.459. The Labute approximate surface area is 59.6 Å². The van der Waals surface area contributed by atoms with Crippen molar-refractivity contribution in [1.29, 1.82) is 0 Å². The van der Waals surface area contributed by atoms with Crippen LogP contribution in [0.2, 0.25) is 0 Å². The Bertz CT molecular complexity index is 155. The fraction of sp³-hybridized carbons (Fsp3) is 0.500. The summed E-state index contributed by atoms with van der Waals surface area (Å²) in [4.78, 5) is 0. The second kappa shape index (κ2) is 2.61. The predicted molar refractivity (Wildman–Crippen MR) is 30.8 cm³/mol. The average molecular weight is 171 g/mol. The van der Waals surface area contributed by atoms with Gasteiger partial charge in [0, 0.05) is 5.75 Å². The van der Waals surface area contributed by atoms with E-state index in [1.807, 2.05) is 0 Å². The van der Waals surface area contributed by atoms with Crippen LogP contribution < -0.4 is 4.72 Å². The number of rotatable bonds is 1. The number of alkyl halides is 3. The quantitative estimate of drug-likeness (QED) is 0.605. The summed E-state index contributed by atoms with van der Waals surface area (Å²) >= 11 is 1.16. The Kier molecular flexibility index (Phi) is 1.98. The van der Waals surface area contributed by atoms with Gasteiger partial charge in [-0.05, 0) is 18.0 Å². The highest BCUT2D eigenvalue weighted by atomic mass is 32.2. The maximum Gasteiger partial charge on any atom is 0.574 e. The lowest BCUT2D eigenvalue weighted by Crippen LogP contribution is -2.16. The van der Waals surface area contributed by atoms with Crippen molar-refractivity contribution in [3.05, 3.63) is 12.0 Å². The molecule has 0 radical (unpaired) electrons. The van der Waals surface area contributed by atoms with E-state index >= 15 is 0 Å². The van der Waals surface area contributed by atoms with Crippen LogP contribution >= 0.6 is 11.9 Å². The second-order valence-electron chi connectivity index (χ2n) is 1.53. The van der Waals surface area contributed by atoms with Gasteiger partial charge in [-0.2, -0.15) is 0 Å². The highest BCUT2D eigenvalue weighted by Gasteiger charge is 2.32. The molecule has 1 N–H and O–H groups in total. The summed E-state index contributed by atoms with van der Waals surface area (Å²) in [6.45, 7) is 0. The van der Waals surface area contributed by atoms with Gasteiger partial charge in [0.05, 0.1) is 0 Å². The molecule has 0 fully saturated rings. The maximum absolute atomic E-state index is 11.4. The summed E-state index contributed by atoms with van der Waals surface area (Å²) in [5.74, 6) is 0.281. The van der Waals surface area contributed by atoms with E-state index in [4.69, 9.17) is 0 Å². The van der Waals surface area contributed by atoms with Crippen molar-refractivity contribution in [3.8, 4) is 0 Å². The molecule has 1 heterocycles. The summed E-state index contributed by atoms with van der Waals surface area (Å²) in [6.07, 6.45) is -3.25. The molecule has 1 rings (SSSR count). The molecule has 2 nitrogen and oxygen atoms in total. The van der Waals surface area contributed by atoms with Crippen molar-refractivity contribution in [3.63, 3.8) is 0 Å². The van der Waals surface area contributed by atoms with E-state index in [9.17, 15) is 13.2 Å². The first kappa shape index (κ1) is 7.59. The zero-order valence-corrected chi connectivity index (χ0v) is 5.55. The molecule has 0 aromatic heterocycles. The number of hydrogen-bond acceptors (Lipinski definition) is 3. The van der Waals surface area contributed by atoms with E-state index in [1.54, 1.807) is 0 Å². The van der Waals surface area contributed by atoms with Crippen LogP contribution in [0, 0.1) is 0 Å². The zero-order valence-electron chi connectivity index (χ0n) is 4.73. The molecule has 0 spiro atoms. The summed E-state index contributed by atoms with van der Waals surface area (Å²) in [5.41, 5.74) is 0. The average Bonchev–Trinajstić information content (AvgIpc) is 2.12. The van der Waals surface area contributed by atoms with Gasteiger partial charge in [0.2, 0.25) is 5.88 Å². The Morgan fingerprint density at radius 2 is 2.30 bits per heavy atom. The van der Waals surface area contributed by atoms with E-state index in [1.165, 1.54) is 6.08 Å². The second-order valence-corrected chi connectivity index (χ2v) is 2.36. The van der Waals surface area contributed by atoms with Crippen molar-refractivity contribution in [2.24, 2.45) is 0 Å². The van der Waals surface area contributed by atoms with Crippen LogP contribution in [-0.2, 0) is 4.74 Å². The predicted octanol–water partition coefficient (Wildman–Crippen LogP) is 1.62. The minimum absolute atomic E-state index is 0.225. The van der Waals surface area contributed by atoms with Crippen LogP contribution in [-0.4, -0.2) is 12.1 Å². The van der Waals surface area contributed by atoms with Crippen LogP contribution in [0.5, 0.6) is 0 Å². The van der Waals surface area contributed by atoms with Gasteiger partial charge in [0.15, 0.2) is 0 Å². The van der Waals surface area contributed by atoms with E-state index in [2.05, 4.69) is 9.46 Å². The summed E-state index contributed by atoms with van der Waals surface area (Å²) in [7, 11) is 0. The van der Waals surface area contributed by atoms with Crippen molar-refractivity contribution in [1.82, 2.24) is 4.72 Å². The number of nitrogens with one attached hydrogen (secondary N) is 1. The molecule has 0 unspecified atom stereocenters. The fourth-order valence-corrected chi connectivity index (χ4v) is 1.04. The Morgan fingerprint density at radius 1 is 1.60 bits per heavy atom. The van der Waals surface area contributed by atoms with Gasteiger partial charge in [-0.25, -0.2) is 0 Å². The largest absolute Gasteiger partial charge is 0.574 e. The molecule has 6 heteroatoms. The SMILES string of the molecule is FC(F)(F)OC1=CCSN1. The minimum atomic E-state index is -4.58. The van der Waals surface area contributed by atoms with Crippen LogP contribution in [0.15, 0.2) is 12.0 Å². The van der Waals surface area contributed by atoms with Gasteiger partial charge in [-0.15, -0.1) is 13.2 Å². The number of hydrogen-bond donors (Lipinski definition) is 1. The smallest absolute Gasteiger partial charge is 0.390 e. The molecule has 0 aromatic rings. The zero-order chi connectivity index (χ0) is 7.61. The standard InChI is InChI=1S/C4H4F3NOS/c5-4(6,7)9-3-1-2-10-8-3/h1,8H,2H2. The molecular weight excluding hydrogens is 167 g/mol. The Hall–Kier alpha value is -0.520. The van der Waals surface area contributed by atoms with Gasteiger partial charge in [0.25, 0.3) is 0 Å². The van der Waals surface area contributed by atoms with Gasteiger partial charge in [0.1, 0.15) is 0 Å². The van der Waals surface area contributed by atoms with Crippen LogP contribution in [0.1, 0.15) is 0 Å². The molecule has 0 aliphatic carbocycles. The van der Waals surface area contributed by atoms with Gasteiger partial charge < -0.3 is 9.46 Å². The molecule has 0 aromatic carbocycles. The molecule has 1 aliphatic rings. The van der Waals surface area contributed by atoms with E-state index < -0.39 is 6.36 Å². The van der Waals surface area contributed by atoms with Crippen LogP contribution in [0.4, 0.5) is 13.2 Å². The van der Waals surface area contributed by atoms with Crippen molar-refractivity contribution in [2.45, 2.75) is 6.36 Å². The van der Waals surface area contributed by atoms with Gasteiger partial charge >= 0.3 is 6.36 Å². The lowest BCUT2D eigenvalue weighted by Gasteiger charge is -2.08. The van der Waals surface area contributed by atoms with E-state index in [-0.39, 0.29) is 5.88 Å². The van der Waals surface area contributed by atoms with Crippen molar-refractivity contribution in [2.75, 3.05) is 5.75 Å². The molecule has 0 saturated carbocycles. The normalized spacial score (nSPS) is 18.1. The van der Waals surface area contributed by atoms with E-state index in [0.717, 1.165) is 11.9 Å². The first-order valence-electron chi connectivity index (χ1n) is 2.41. The summed E-state index contributed by atoms with van der Waals surface area (Å²) in [5, 5.41) is 0. The monoisotopic (exact) mass is 171 g/mol. The van der Waals surface area contributed by atoms with Crippen LogP contribution in [0.3, 0.4) is 0 Å². The van der Waals surface area contributed by atoms with Gasteiger partial charge in [-0.3, -0.25) is 0 Å². The third-order valence-electron chi connectivity index (χ3n) is 0.751. The van der Waals surface area contributed by atoms with E-state index in [0.29, 0.717) is 5.75 Å². The molecule has 0 amide bonds. The Morgan fingerprint density at radius 3 is 2.70 bits per heavy atom. The topological polar surface area (TPSA) is 21.3 Å². The number of halogens is 3. The minimum Gasteiger partial charge on any atom is -0.390 e. The third kappa shape index (κ3) is 2.38. The lowest BCUT2D eigenvalue weighted by molar-refractivity contribution is -0.306. The van der Waals surface area contributed by atoms with Crippen LogP contribution in [0.25, 0.3) is 0 Å². The van der Waals surface area contributed by atoms with Gasteiger partial charge in [-0.1, -0.05) is 0 Å². The molecular formula is C4H4F3NOS. The molecule has 0 saturated heterocycles. The molecule has 0 bridgehead atoms. The number of ether oxygens (including phenoxy) is 1. The molecule has 1 aliphatic heterocycles. The highest BCUT2D eigenvalue weighted by Crippen LogP contribution is 2.22. The summed E-state index contributed by atoms with van der Waals surface area (Å²) in [6, 6.07) is 0. The Balaban J connectivity index is 2.38. The molecule has 58 valence electrons. The van der Waals surface area contributed by atoms with Crippen molar-refractivity contribution >= 4 is 11.9 Å². The first-order valence-corrected chi connectivity index (χ1v) is 3.40. The summed E-state index contributed by atoms with van der Waals surface area (Å²) < 4.78 is 40.1. The van der Waals surface area contributed by atoms with Crippen molar-refractivity contribution < 1.29 is 17.9 Å². The molecule has 10 heavy (non-hydrogen) atoms. The maximum atomic E-state index is 11.4. The lowest BCUT2D eigenvalue weighted by atomic mass is 10.7. The molecule has 0 atom stereocenters. The highest BCUT2D eigenvalue weighted by molar-refractivity contribution is 7.97. The third-order valence-corrected chi connectivity index (χ3v) is 1.43.